The predicted octanol–water partition coefficient (Wildman–Crippen LogP) is 2.38. The van der Waals surface area contributed by atoms with Crippen molar-refractivity contribution < 1.29 is 19.4 Å². The van der Waals surface area contributed by atoms with E-state index in [4.69, 9.17) is 9.84 Å². The van der Waals surface area contributed by atoms with E-state index in [2.05, 4.69) is 5.32 Å². The highest BCUT2D eigenvalue weighted by atomic mass is 16.5. The molecule has 0 aromatic heterocycles. The third-order valence-electron chi connectivity index (χ3n) is 3.56. The van der Waals surface area contributed by atoms with Crippen molar-refractivity contribution in [2.45, 2.75) is 45.1 Å². The second-order valence-corrected chi connectivity index (χ2v) is 5.33. The van der Waals surface area contributed by atoms with Gasteiger partial charge in [-0.3, -0.25) is 9.59 Å². The number of nitrogens with one attached hydrogen (secondary N) is 1. The summed E-state index contributed by atoms with van der Waals surface area (Å²) < 4.78 is 5.52. The molecular formula is C16H21NO4. The number of amides is 1. The van der Waals surface area contributed by atoms with E-state index >= 15 is 0 Å². The van der Waals surface area contributed by atoms with E-state index in [0.717, 1.165) is 37.2 Å². The minimum atomic E-state index is -0.896. The normalized spacial score (nSPS) is 14.7. The highest BCUT2D eigenvalue weighted by Gasteiger charge is 2.18. The molecule has 1 atom stereocenters. The molecule has 0 saturated heterocycles. The van der Waals surface area contributed by atoms with Crippen molar-refractivity contribution in [3.8, 4) is 5.75 Å². The van der Waals surface area contributed by atoms with Gasteiger partial charge in [0.25, 0.3) is 5.91 Å². The van der Waals surface area contributed by atoms with E-state index in [1.165, 1.54) is 0 Å². The van der Waals surface area contributed by atoms with E-state index in [-0.39, 0.29) is 18.4 Å². The number of carboxylic acids is 1. The Morgan fingerprint density at radius 2 is 2.24 bits per heavy atom. The number of ether oxygens (including phenoxy) is 1. The first kappa shape index (κ1) is 15.4. The Balaban J connectivity index is 2.06. The summed E-state index contributed by atoms with van der Waals surface area (Å²) in [6.07, 6.45) is 3.30. The summed E-state index contributed by atoms with van der Waals surface area (Å²) in [5.41, 5.74) is 1.60. The zero-order chi connectivity index (χ0) is 15.2. The van der Waals surface area contributed by atoms with Crippen LogP contribution in [0.1, 0.15) is 48.5 Å². The van der Waals surface area contributed by atoms with Crippen LogP contribution in [0.5, 0.6) is 5.75 Å². The number of fused-ring (bicyclic) bond motifs is 1. The molecule has 5 heteroatoms. The smallest absolute Gasteiger partial charge is 0.305 e. The molecule has 1 aromatic carbocycles. The van der Waals surface area contributed by atoms with Crippen molar-refractivity contribution in [3.05, 3.63) is 29.3 Å². The molecule has 1 heterocycles. The van der Waals surface area contributed by atoms with Crippen LogP contribution in [-0.4, -0.2) is 29.6 Å². The number of carboxylic acid groups (broad SMARTS) is 1. The predicted molar refractivity (Wildman–Crippen MR) is 78.7 cm³/mol. The molecule has 0 radical (unpaired) electrons. The lowest BCUT2D eigenvalue weighted by Gasteiger charge is -2.19. The quantitative estimate of drug-likeness (QED) is 0.843. The first-order valence-corrected chi connectivity index (χ1v) is 7.38. The maximum Gasteiger partial charge on any atom is 0.305 e. The summed E-state index contributed by atoms with van der Waals surface area (Å²) in [5, 5.41) is 11.7. The van der Waals surface area contributed by atoms with Crippen molar-refractivity contribution in [1.82, 2.24) is 5.32 Å². The summed E-state index contributed by atoms with van der Waals surface area (Å²) in [6.45, 7) is 2.69. The standard InChI is InChI=1S/C16H21NO4/c1-2-4-13(10-15(18)19)17-16(20)12-6-7-14-11(9-12)5-3-8-21-14/h6-7,9,13H,2-5,8,10H2,1H3,(H,17,20)(H,18,19)/t13-/m1/s1. The van der Waals surface area contributed by atoms with Gasteiger partial charge in [0.15, 0.2) is 0 Å². The molecule has 2 N–H and O–H groups in total. The van der Waals surface area contributed by atoms with Gasteiger partial charge in [-0.1, -0.05) is 13.3 Å². The van der Waals surface area contributed by atoms with Crippen molar-refractivity contribution >= 4 is 11.9 Å². The Labute approximate surface area is 124 Å². The van der Waals surface area contributed by atoms with Crippen LogP contribution < -0.4 is 10.1 Å². The van der Waals surface area contributed by atoms with Gasteiger partial charge in [0.05, 0.1) is 13.0 Å². The van der Waals surface area contributed by atoms with Gasteiger partial charge in [-0.05, 0) is 43.0 Å². The maximum absolute atomic E-state index is 12.3. The van der Waals surface area contributed by atoms with Crippen molar-refractivity contribution in [2.75, 3.05) is 6.61 Å². The Hall–Kier alpha value is -2.04. The van der Waals surface area contributed by atoms with Gasteiger partial charge in [-0.25, -0.2) is 0 Å². The van der Waals surface area contributed by atoms with Gasteiger partial charge in [-0.2, -0.15) is 0 Å². The second-order valence-electron chi connectivity index (χ2n) is 5.33. The third kappa shape index (κ3) is 4.21. The fourth-order valence-corrected chi connectivity index (χ4v) is 2.55. The Bertz CT molecular complexity index is 527. The number of hydrogen-bond acceptors (Lipinski definition) is 3. The average Bonchev–Trinajstić information content (AvgIpc) is 2.46. The lowest BCUT2D eigenvalue weighted by molar-refractivity contribution is -0.137. The number of aliphatic carboxylic acids is 1. The highest BCUT2D eigenvalue weighted by molar-refractivity contribution is 5.95. The van der Waals surface area contributed by atoms with Crippen molar-refractivity contribution in [2.24, 2.45) is 0 Å². The molecule has 2 rings (SSSR count). The Morgan fingerprint density at radius 1 is 1.43 bits per heavy atom. The number of benzene rings is 1. The topological polar surface area (TPSA) is 75.6 Å². The molecule has 0 saturated carbocycles. The molecule has 1 aromatic rings. The van der Waals surface area contributed by atoms with Crippen LogP contribution in [0.4, 0.5) is 0 Å². The number of carbonyl (C=O) groups is 2. The summed E-state index contributed by atoms with van der Waals surface area (Å²) in [7, 11) is 0. The maximum atomic E-state index is 12.3. The molecule has 0 bridgehead atoms. The summed E-state index contributed by atoms with van der Waals surface area (Å²) in [4.78, 5) is 23.1. The Morgan fingerprint density at radius 3 is 2.95 bits per heavy atom. The number of aryl methyl sites for hydroxylation is 1. The van der Waals surface area contributed by atoms with Crippen molar-refractivity contribution in [3.63, 3.8) is 0 Å². The summed E-state index contributed by atoms with van der Waals surface area (Å²) in [6, 6.07) is 5.05. The molecule has 0 unspecified atom stereocenters. The van der Waals surface area contributed by atoms with Crippen molar-refractivity contribution in [1.29, 1.82) is 0 Å². The van der Waals surface area contributed by atoms with Crippen LogP contribution in [0.3, 0.4) is 0 Å². The molecule has 1 aliphatic rings. The van der Waals surface area contributed by atoms with E-state index in [1.54, 1.807) is 6.07 Å². The largest absolute Gasteiger partial charge is 0.493 e. The van der Waals surface area contributed by atoms with Gasteiger partial charge >= 0.3 is 5.97 Å². The number of rotatable bonds is 6. The monoisotopic (exact) mass is 291 g/mol. The van der Waals surface area contributed by atoms with Gasteiger partial charge in [-0.15, -0.1) is 0 Å². The molecule has 0 spiro atoms. The lowest BCUT2D eigenvalue weighted by atomic mass is 10.0. The zero-order valence-corrected chi connectivity index (χ0v) is 12.2. The van der Waals surface area contributed by atoms with E-state index in [0.29, 0.717) is 12.0 Å². The van der Waals surface area contributed by atoms with Crippen LogP contribution in [0.15, 0.2) is 18.2 Å². The fourth-order valence-electron chi connectivity index (χ4n) is 2.55. The molecule has 1 aliphatic heterocycles. The van der Waals surface area contributed by atoms with Crippen LogP contribution in [0.2, 0.25) is 0 Å². The molecule has 5 nitrogen and oxygen atoms in total. The summed E-state index contributed by atoms with van der Waals surface area (Å²) in [5.74, 6) is -0.274. The van der Waals surface area contributed by atoms with E-state index in [1.807, 2.05) is 19.1 Å². The lowest BCUT2D eigenvalue weighted by Crippen LogP contribution is -2.36. The van der Waals surface area contributed by atoms with Crippen LogP contribution in [0.25, 0.3) is 0 Å². The minimum Gasteiger partial charge on any atom is -0.493 e. The first-order chi connectivity index (χ1) is 10.1. The molecule has 0 aliphatic carbocycles. The number of carbonyl (C=O) groups excluding carboxylic acids is 1. The van der Waals surface area contributed by atoms with Gasteiger partial charge in [0, 0.05) is 11.6 Å². The van der Waals surface area contributed by atoms with Crippen LogP contribution in [-0.2, 0) is 11.2 Å². The Kier molecular flexibility index (Phi) is 5.20. The molecule has 0 fully saturated rings. The highest BCUT2D eigenvalue weighted by Crippen LogP contribution is 2.25. The van der Waals surface area contributed by atoms with Crippen LogP contribution in [0, 0.1) is 0 Å². The van der Waals surface area contributed by atoms with Gasteiger partial charge < -0.3 is 15.2 Å². The fraction of sp³-hybridized carbons (Fsp3) is 0.500. The van der Waals surface area contributed by atoms with E-state index < -0.39 is 5.97 Å². The first-order valence-electron chi connectivity index (χ1n) is 7.38. The molecule has 114 valence electrons. The summed E-state index contributed by atoms with van der Waals surface area (Å²) >= 11 is 0. The second kappa shape index (κ2) is 7.11. The molecular weight excluding hydrogens is 270 g/mol. The van der Waals surface area contributed by atoms with Crippen LogP contribution >= 0.6 is 0 Å². The minimum absolute atomic E-state index is 0.0480. The zero-order valence-electron chi connectivity index (χ0n) is 12.2. The average molecular weight is 291 g/mol. The van der Waals surface area contributed by atoms with E-state index in [9.17, 15) is 9.59 Å². The SMILES string of the molecule is CCC[C@H](CC(=O)O)NC(=O)c1ccc2c(c1)CCCO2. The number of hydrogen-bond donors (Lipinski definition) is 2. The molecule has 1 amide bonds. The third-order valence-corrected chi connectivity index (χ3v) is 3.56. The van der Waals surface area contributed by atoms with Gasteiger partial charge in [0.1, 0.15) is 5.75 Å². The van der Waals surface area contributed by atoms with Gasteiger partial charge in [0.2, 0.25) is 0 Å². The molecule has 21 heavy (non-hydrogen) atoms.